The van der Waals surface area contributed by atoms with Crippen LogP contribution in [-0.4, -0.2) is 44.2 Å². The lowest BCUT2D eigenvalue weighted by Gasteiger charge is -2.35. The van der Waals surface area contributed by atoms with Crippen LogP contribution in [0.15, 0.2) is 47.2 Å². The SMILES string of the molecule is CC1CCCC(n2c(=O)c(C3CCN(C(=O)OC(C)(C)C)CC3)cc3nccnc32)/C1=C/C=C\N. The van der Waals surface area contributed by atoms with Crippen LogP contribution in [0.1, 0.15) is 77.3 Å². The highest BCUT2D eigenvalue weighted by Gasteiger charge is 2.32. The van der Waals surface area contributed by atoms with E-state index in [1.54, 1.807) is 17.3 Å². The standard InChI is InChI=1S/C27H37N5O3/c1-18-7-5-9-23(20(18)8-6-12-28)32-24-22(29-13-14-30-24)17-21(25(32)33)19-10-15-31(16-11-19)26(34)35-27(2,3)4/h6,8,12-14,17-19,23H,5,7,9-11,15-16,28H2,1-4H3/b12-6-,20-8+. The summed E-state index contributed by atoms with van der Waals surface area (Å²) in [5, 5.41) is 0. The van der Waals surface area contributed by atoms with Gasteiger partial charge in [-0.05, 0) is 82.2 Å². The fraction of sp³-hybridized carbons (Fsp3) is 0.556. The Hall–Kier alpha value is -3.16. The minimum atomic E-state index is -0.528. The molecule has 8 nitrogen and oxygen atoms in total. The summed E-state index contributed by atoms with van der Waals surface area (Å²) < 4.78 is 7.40. The summed E-state index contributed by atoms with van der Waals surface area (Å²) in [7, 11) is 0. The predicted octanol–water partition coefficient (Wildman–Crippen LogP) is 4.67. The maximum atomic E-state index is 14.0. The first kappa shape index (κ1) is 24.9. The lowest BCUT2D eigenvalue weighted by molar-refractivity contribution is 0.0204. The number of carbonyl (C=O) groups is 1. The smallest absolute Gasteiger partial charge is 0.410 e. The van der Waals surface area contributed by atoms with Crippen LogP contribution in [0.3, 0.4) is 0 Å². The topological polar surface area (TPSA) is 103 Å². The van der Waals surface area contributed by atoms with Gasteiger partial charge in [-0.2, -0.15) is 0 Å². The average molecular weight is 480 g/mol. The number of fused-ring (bicyclic) bond motifs is 1. The Kier molecular flexibility index (Phi) is 7.28. The molecule has 1 aliphatic carbocycles. The normalized spacial score (nSPS) is 23.3. The first-order valence-electron chi connectivity index (χ1n) is 12.6. The lowest BCUT2D eigenvalue weighted by atomic mass is 9.81. The molecule has 35 heavy (non-hydrogen) atoms. The second-order valence-corrected chi connectivity index (χ2v) is 10.7. The van der Waals surface area contributed by atoms with Crippen molar-refractivity contribution in [2.45, 2.75) is 77.4 Å². The molecule has 3 heterocycles. The molecule has 1 saturated carbocycles. The van der Waals surface area contributed by atoms with Crippen molar-refractivity contribution in [3.8, 4) is 0 Å². The van der Waals surface area contributed by atoms with Crippen molar-refractivity contribution in [3.05, 3.63) is 58.3 Å². The van der Waals surface area contributed by atoms with Gasteiger partial charge in [0.1, 0.15) is 11.1 Å². The molecule has 2 fully saturated rings. The Morgan fingerprint density at radius 3 is 2.54 bits per heavy atom. The first-order chi connectivity index (χ1) is 16.7. The number of nitrogens with zero attached hydrogens (tertiary/aromatic N) is 4. The van der Waals surface area contributed by atoms with Gasteiger partial charge < -0.3 is 15.4 Å². The maximum Gasteiger partial charge on any atom is 0.410 e. The van der Waals surface area contributed by atoms with Crippen molar-refractivity contribution in [2.24, 2.45) is 11.7 Å². The zero-order valence-corrected chi connectivity index (χ0v) is 21.2. The van der Waals surface area contributed by atoms with Crippen LogP contribution in [0.25, 0.3) is 11.2 Å². The van der Waals surface area contributed by atoms with Crippen molar-refractivity contribution >= 4 is 17.3 Å². The number of nitrogens with two attached hydrogens (primary N) is 1. The van der Waals surface area contributed by atoms with Gasteiger partial charge in [0.2, 0.25) is 0 Å². The summed E-state index contributed by atoms with van der Waals surface area (Å²) in [5.41, 5.74) is 8.40. The molecule has 1 amide bonds. The van der Waals surface area contributed by atoms with E-state index in [4.69, 9.17) is 10.5 Å². The van der Waals surface area contributed by atoms with E-state index in [1.165, 1.54) is 11.8 Å². The van der Waals surface area contributed by atoms with Crippen LogP contribution in [0.4, 0.5) is 4.79 Å². The van der Waals surface area contributed by atoms with Crippen molar-refractivity contribution in [2.75, 3.05) is 13.1 Å². The van der Waals surface area contributed by atoms with Gasteiger partial charge in [-0.3, -0.25) is 14.3 Å². The number of pyridine rings is 1. The highest BCUT2D eigenvalue weighted by Crippen LogP contribution is 2.38. The number of piperidine rings is 1. The van der Waals surface area contributed by atoms with Crippen LogP contribution >= 0.6 is 0 Å². The number of ether oxygens (including phenoxy) is 1. The summed E-state index contributed by atoms with van der Waals surface area (Å²) in [4.78, 5) is 37.4. The molecule has 8 heteroatoms. The average Bonchev–Trinajstić information content (AvgIpc) is 2.82. The lowest BCUT2D eigenvalue weighted by Crippen LogP contribution is -2.42. The zero-order valence-electron chi connectivity index (χ0n) is 21.2. The fourth-order valence-corrected chi connectivity index (χ4v) is 5.35. The van der Waals surface area contributed by atoms with E-state index in [0.29, 0.717) is 37.5 Å². The van der Waals surface area contributed by atoms with E-state index in [-0.39, 0.29) is 23.6 Å². The van der Waals surface area contributed by atoms with E-state index in [1.807, 2.05) is 37.5 Å². The molecule has 2 aliphatic rings. The maximum absolute atomic E-state index is 14.0. The third-order valence-electron chi connectivity index (χ3n) is 7.06. The van der Waals surface area contributed by atoms with Crippen LogP contribution in [-0.2, 0) is 4.74 Å². The molecular formula is C27H37N5O3. The van der Waals surface area contributed by atoms with Crippen molar-refractivity contribution < 1.29 is 9.53 Å². The van der Waals surface area contributed by atoms with E-state index < -0.39 is 5.60 Å². The second-order valence-electron chi connectivity index (χ2n) is 10.7. The van der Waals surface area contributed by atoms with E-state index in [9.17, 15) is 9.59 Å². The van der Waals surface area contributed by atoms with Gasteiger partial charge in [0.15, 0.2) is 5.65 Å². The van der Waals surface area contributed by atoms with Crippen LogP contribution in [0, 0.1) is 5.92 Å². The Bertz CT molecular complexity index is 1190. The monoisotopic (exact) mass is 479 g/mol. The van der Waals surface area contributed by atoms with Gasteiger partial charge in [-0.1, -0.05) is 19.4 Å². The number of hydrogen-bond donors (Lipinski definition) is 1. The van der Waals surface area contributed by atoms with Crippen LogP contribution < -0.4 is 11.3 Å². The number of allylic oxidation sites excluding steroid dienone is 3. The minimum absolute atomic E-state index is 0.00422. The summed E-state index contributed by atoms with van der Waals surface area (Å²) in [5.74, 6) is 0.403. The Morgan fingerprint density at radius 2 is 1.86 bits per heavy atom. The summed E-state index contributed by atoms with van der Waals surface area (Å²) >= 11 is 0. The number of likely N-dealkylation sites (tertiary alicyclic amines) is 1. The Morgan fingerprint density at radius 1 is 1.14 bits per heavy atom. The van der Waals surface area contributed by atoms with E-state index in [2.05, 4.69) is 23.0 Å². The Balaban J connectivity index is 1.70. The number of rotatable bonds is 3. The highest BCUT2D eigenvalue weighted by atomic mass is 16.6. The van der Waals surface area contributed by atoms with Crippen molar-refractivity contribution in [1.29, 1.82) is 0 Å². The number of carbonyl (C=O) groups excluding carboxylic acids is 1. The summed E-state index contributed by atoms with van der Waals surface area (Å²) in [6.07, 6.45) is 12.9. The molecule has 2 atom stereocenters. The molecule has 1 aliphatic heterocycles. The molecule has 4 rings (SSSR count). The van der Waals surface area contributed by atoms with Gasteiger partial charge >= 0.3 is 6.09 Å². The molecule has 2 aromatic rings. The first-order valence-corrected chi connectivity index (χ1v) is 12.6. The van der Waals surface area contributed by atoms with E-state index >= 15 is 0 Å². The molecule has 0 aromatic carbocycles. The second kappa shape index (κ2) is 10.2. The zero-order chi connectivity index (χ0) is 25.2. The molecule has 1 saturated heterocycles. The number of hydrogen-bond acceptors (Lipinski definition) is 6. The van der Waals surface area contributed by atoms with E-state index in [0.717, 1.165) is 30.3 Å². The van der Waals surface area contributed by atoms with Gasteiger partial charge in [0, 0.05) is 31.0 Å². The quantitative estimate of drug-likeness (QED) is 0.686. The third-order valence-corrected chi connectivity index (χ3v) is 7.06. The molecule has 0 spiro atoms. The number of amides is 1. The summed E-state index contributed by atoms with van der Waals surface area (Å²) in [6.45, 7) is 8.93. The third kappa shape index (κ3) is 5.41. The molecular weight excluding hydrogens is 442 g/mol. The predicted molar refractivity (Wildman–Crippen MR) is 137 cm³/mol. The summed E-state index contributed by atoms with van der Waals surface area (Å²) in [6, 6.07) is 1.83. The largest absolute Gasteiger partial charge is 0.444 e. The molecule has 0 radical (unpaired) electrons. The van der Waals surface area contributed by atoms with Gasteiger partial charge in [-0.25, -0.2) is 9.78 Å². The van der Waals surface area contributed by atoms with Crippen molar-refractivity contribution in [1.82, 2.24) is 19.4 Å². The highest BCUT2D eigenvalue weighted by molar-refractivity contribution is 5.71. The Labute approximate surface area is 206 Å². The number of aromatic nitrogens is 3. The molecule has 2 unspecified atom stereocenters. The molecule has 188 valence electrons. The van der Waals surface area contributed by atoms with Gasteiger partial charge in [-0.15, -0.1) is 0 Å². The fourth-order valence-electron chi connectivity index (χ4n) is 5.35. The molecule has 0 bridgehead atoms. The minimum Gasteiger partial charge on any atom is -0.444 e. The molecule has 2 aromatic heterocycles. The van der Waals surface area contributed by atoms with Crippen LogP contribution in [0.5, 0.6) is 0 Å². The van der Waals surface area contributed by atoms with Gasteiger partial charge in [0.25, 0.3) is 5.56 Å². The van der Waals surface area contributed by atoms with Crippen molar-refractivity contribution in [3.63, 3.8) is 0 Å². The van der Waals surface area contributed by atoms with Gasteiger partial charge in [0.05, 0.1) is 6.04 Å². The van der Waals surface area contributed by atoms with Crippen LogP contribution in [0.2, 0.25) is 0 Å². The molecule has 2 N–H and O–H groups in total.